The zero-order valence-electron chi connectivity index (χ0n) is 18.0. The quantitative estimate of drug-likeness (QED) is 0.801. The molecule has 1 N–H and O–H groups in total. The molecule has 0 spiro atoms. The first-order valence-corrected chi connectivity index (χ1v) is 11.1. The van der Waals surface area contributed by atoms with E-state index in [2.05, 4.69) is 17.1 Å². The highest BCUT2D eigenvalue weighted by Gasteiger charge is 2.26. The number of hydrogen-bond acceptors (Lipinski definition) is 3. The topological polar surface area (TPSA) is 52.7 Å². The zero-order valence-corrected chi connectivity index (χ0v) is 18.0. The molecule has 5 nitrogen and oxygen atoms in total. The molecule has 0 unspecified atom stereocenters. The van der Waals surface area contributed by atoms with Crippen LogP contribution in [-0.2, 0) is 0 Å². The van der Waals surface area contributed by atoms with Crippen molar-refractivity contribution in [1.29, 1.82) is 0 Å². The Morgan fingerprint density at radius 2 is 1.63 bits per heavy atom. The molecule has 30 heavy (non-hydrogen) atoms. The minimum Gasteiger partial charge on any atom is -0.371 e. The number of benzene rings is 2. The van der Waals surface area contributed by atoms with Crippen LogP contribution >= 0.6 is 0 Å². The molecule has 2 aromatic rings. The molecule has 4 rings (SSSR count). The van der Waals surface area contributed by atoms with Crippen molar-refractivity contribution in [3.63, 3.8) is 0 Å². The van der Waals surface area contributed by atoms with Crippen LogP contribution in [0.3, 0.4) is 0 Å². The van der Waals surface area contributed by atoms with Crippen molar-refractivity contribution in [3.05, 3.63) is 59.2 Å². The van der Waals surface area contributed by atoms with Gasteiger partial charge in [-0.25, -0.2) is 0 Å². The molecule has 0 radical (unpaired) electrons. The fraction of sp³-hybridized carbons (Fsp3) is 0.440. The van der Waals surface area contributed by atoms with Gasteiger partial charge in [-0.15, -0.1) is 0 Å². The number of nitrogens with one attached hydrogen (secondary N) is 1. The number of carbonyl (C=O) groups excluding carboxylic acids is 2. The van der Waals surface area contributed by atoms with Gasteiger partial charge in [0.2, 0.25) is 0 Å². The number of amides is 2. The molecule has 0 saturated carbocycles. The summed E-state index contributed by atoms with van der Waals surface area (Å²) in [6.45, 7) is 7.78. The van der Waals surface area contributed by atoms with E-state index in [0.29, 0.717) is 16.8 Å². The first-order chi connectivity index (χ1) is 14.5. The van der Waals surface area contributed by atoms with Crippen molar-refractivity contribution >= 4 is 23.2 Å². The standard InChI is InChI=1S/C25H31N3O2/c1-18-11-15-27(16-12-18)23-10-9-20(17-22(23)25(30)28-13-5-6-14-28)26-24(29)21-8-4-3-7-19(21)2/h3-4,7-10,17-18H,5-6,11-16H2,1-2H3,(H,26,29). The largest absolute Gasteiger partial charge is 0.371 e. The Morgan fingerprint density at radius 3 is 2.33 bits per heavy atom. The Kier molecular flexibility index (Phi) is 6.07. The second-order valence-corrected chi connectivity index (χ2v) is 8.67. The third kappa shape index (κ3) is 4.35. The number of likely N-dealkylation sites (tertiary alicyclic amines) is 1. The highest BCUT2D eigenvalue weighted by atomic mass is 16.2. The van der Waals surface area contributed by atoms with Crippen molar-refractivity contribution in [2.75, 3.05) is 36.4 Å². The summed E-state index contributed by atoms with van der Waals surface area (Å²) in [6, 6.07) is 13.3. The fourth-order valence-electron chi connectivity index (χ4n) is 4.43. The Bertz CT molecular complexity index is 926. The highest BCUT2D eigenvalue weighted by Crippen LogP contribution is 2.30. The summed E-state index contributed by atoms with van der Waals surface area (Å²) in [5.74, 6) is 0.659. The molecule has 5 heteroatoms. The minimum atomic E-state index is -0.146. The smallest absolute Gasteiger partial charge is 0.256 e. The van der Waals surface area contributed by atoms with E-state index < -0.39 is 0 Å². The van der Waals surface area contributed by atoms with Gasteiger partial charge in [-0.2, -0.15) is 0 Å². The van der Waals surface area contributed by atoms with Gasteiger partial charge in [0, 0.05) is 43.1 Å². The number of nitrogens with zero attached hydrogens (tertiary/aromatic N) is 2. The lowest BCUT2D eigenvalue weighted by atomic mass is 9.97. The van der Waals surface area contributed by atoms with Crippen molar-refractivity contribution in [3.8, 4) is 0 Å². The van der Waals surface area contributed by atoms with Crippen LogP contribution in [0.1, 0.15) is 58.9 Å². The molecule has 0 bridgehead atoms. The lowest BCUT2D eigenvalue weighted by Gasteiger charge is -2.34. The lowest BCUT2D eigenvalue weighted by Crippen LogP contribution is -2.35. The third-order valence-electron chi connectivity index (χ3n) is 6.39. The summed E-state index contributed by atoms with van der Waals surface area (Å²) in [7, 11) is 0. The maximum atomic E-state index is 13.3. The molecule has 2 fully saturated rings. The second-order valence-electron chi connectivity index (χ2n) is 8.67. The average Bonchev–Trinajstić information content (AvgIpc) is 3.29. The van der Waals surface area contributed by atoms with Gasteiger partial charge in [0.05, 0.1) is 5.56 Å². The molecular weight excluding hydrogens is 374 g/mol. The van der Waals surface area contributed by atoms with E-state index in [1.54, 1.807) is 0 Å². The number of piperidine rings is 1. The van der Waals surface area contributed by atoms with E-state index in [4.69, 9.17) is 0 Å². The van der Waals surface area contributed by atoms with Crippen molar-refractivity contribution < 1.29 is 9.59 Å². The Morgan fingerprint density at radius 1 is 0.933 bits per heavy atom. The van der Waals surface area contributed by atoms with Gasteiger partial charge >= 0.3 is 0 Å². The van der Waals surface area contributed by atoms with Crippen LogP contribution in [0.5, 0.6) is 0 Å². The predicted octanol–water partition coefficient (Wildman–Crippen LogP) is 4.72. The number of hydrogen-bond donors (Lipinski definition) is 1. The van der Waals surface area contributed by atoms with Crippen molar-refractivity contribution in [1.82, 2.24) is 4.90 Å². The van der Waals surface area contributed by atoms with E-state index in [9.17, 15) is 9.59 Å². The zero-order chi connectivity index (χ0) is 21.1. The van der Waals surface area contributed by atoms with E-state index in [1.165, 1.54) is 0 Å². The molecule has 2 heterocycles. The molecule has 2 amide bonds. The summed E-state index contributed by atoms with van der Waals surface area (Å²) >= 11 is 0. The second kappa shape index (κ2) is 8.90. The fourth-order valence-corrected chi connectivity index (χ4v) is 4.43. The highest BCUT2D eigenvalue weighted by molar-refractivity contribution is 6.07. The average molecular weight is 406 g/mol. The first-order valence-electron chi connectivity index (χ1n) is 11.1. The van der Waals surface area contributed by atoms with Crippen molar-refractivity contribution in [2.24, 2.45) is 5.92 Å². The Balaban J connectivity index is 1.62. The van der Waals surface area contributed by atoms with Crippen LogP contribution in [0.15, 0.2) is 42.5 Å². The van der Waals surface area contributed by atoms with Gasteiger partial charge < -0.3 is 15.1 Å². The number of carbonyl (C=O) groups is 2. The molecule has 0 aromatic heterocycles. The van der Waals surface area contributed by atoms with Crippen LogP contribution < -0.4 is 10.2 Å². The number of aryl methyl sites for hydroxylation is 1. The maximum Gasteiger partial charge on any atom is 0.256 e. The van der Waals surface area contributed by atoms with Gasteiger partial charge in [-0.1, -0.05) is 25.1 Å². The van der Waals surface area contributed by atoms with E-state index >= 15 is 0 Å². The molecular formula is C25H31N3O2. The number of rotatable bonds is 4. The molecule has 158 valence electrons. The van der Waals surface area contributed by atoms with Gasteiger partial charge in [0.25, 0.3) is 11.8 Å². The van der Waals surface area contributed by atoms with Crippen LogP contribution in [0.4, 0.5) is 11.4 Å². The van der Waals surface area contributed by atoms with Gasteiger partial charge in [-0.05, 0) is 68.4 Å². The van der Waals surface area contributed by atoms with Gasteiger partial charge in [0.15, 0.2) is 0 Å². The van der Waals surface area contributed by atoms with Gasteiger partial charge in [-0.3, -0.25) is 9.59 Å². The first kappa shape index (κ1) is 20.5. The molecule has 2 saturated heterocycles. The van der Waals surface area contributed by atoms with E-state index in [0.717, 1.165) is 69.0 Å². The van der Waals surface area contributed by atoms with Gasteiger partial charge in [0.1, 0.15) is 0 Å². The van der Waals surface area contributed by atoms with E-state index in [-0.39, 0.29) is 11.8 Å². The van der Waals surface area contributed by atoms with Crippen molar-refractivity contribution in [2.45, 2.75) is 39.5 Å². The maximum absolute atomic E-state index is 13.3. The Hall–Kier alpha value is -2.82. The summed E-state index contributed by atoms with van der Waals surface area (Å²) < 4.78 is 0. The summed E-state index contributed by atoms with van der Waals surface area (Å²) in [5.41, 5.74) is 3.95. The summed E-state index contributed by atoms with van der Waals surface area (Å²) in [6.07, 6.45) is 4.41. The monoisotopic (exact) mass is 405 g/mol. The molecule has 2 aliphatic rings. The molecule has 2 aromatic carbocycles. The van der Waals surface area contributed by atoms with E-state index in [1.807, 2.05) is 54.3 Å². The normalized spacial score (nSPS) is 17.3. The lowest BCUT2D eigenvalue weighted by molar-refractivity contribution is 0.0793. The molecule has 2 aliphatic heterocycles. The predicted molar refractivity (Wildman–Crippen MR) is 121 cm³/mol. The molecule has 0 aliphatic carbocycles. The Labute approximate surface area is 179 Å². The number of anilines is 2. The summed E-state index contributed by atoms with van der Waals surface area (Å²) in [5, 5.41) is 2.99. The third-order valence-corrected chi connectivity index (χ3v) is 6.39. The van der Waals surface area contributed by atoms with Crippen LogP contribution in [0.25, 0.3) is 0 Å². The molecule has 0 atom stereocenters. The van der Waals surface area contributed by atoms with Crippen LogP contribution in [-0.4, -0.2) is 42.9 Å². The van der Waals surface area contributed by atoms with Crippen LogP contribution in [0.2, 0.25) is 0 Å². The SMILES string of the molecule is Cc1ccccc1C(=O)Nc1ccc(N2CCC(C)CC2)c(C(=O)N2CCCC2)c1. The summed E-state index contributed by atoms with van der Waals surface area (Å²) in [4.78, 5) is 30.4. The minimum absolute atomic E-state index is 0.0770. The van der Waals surface area contributed by atoms with Crippen LogP contribution in [0, 0.1) is 12.8 Å².